The molecule has 2 rings (SSSR count). The largest absolute Gasteiger partial charge is 0.466 e. The number of carbonyl (C=O) groups is 1. The van der Waals surface area contributed by atoms with Crippen LogP contribution in [0, 0.1) is 17.6 Å². The molecule has 0 amide bonds. The topological polar surface area (TPSA) is 38.3 Å². The molecule has 0 atom stereocenters. The third kappa shape index (κ3) is 4.49. The third-order valence-corrected chi connectivity index (χ3v) is 3.94. The standard InChI is InChI=1S/C16H21F2NO2/c1-2-21-16(20)11-3-6-14(7-4-11)19-10-12-9-13(17)5-8-15(12)18/h5,8-9,11,14,19H,2-4,6-7,10H2,1H3. The van der Waals surface area contributed by atoms with Gasteiger partial charge < -0.3 is 10.1 Å². The van der Waals surface area contributed by atoms with Gasteiger partial charge in [0, 0.05) is 18.2 Å². The zero-order valence-electron chi connectivity index (χ0n) is 12.2. The van der Waals surface area contributed by atoms with Crippen molar-refractivity contribution in [1.82, 2.24) is 5.32 Å². The molecule has 1 aromatic rings. The number of benzene rings is 1. The summed E-state index contributed by atoms with van der Waals surface area (Å²) in [6, 6.07) is 3.71. The van der Waals surface area contributed by atoms with Crippen molar-refractivity contribution in [2.45, 2.75) is 45.2 Å². The Hall–Kier alpha value is -1.49. The molecule has 0 aliphatic heterocycles. The van der Waals surface area contributed by atoms with E-state index in [1.807, 2.05) is 0 Å². The first kappa shape index (κ1) is 15.9. The highest BCUT2D eigenvalue weighted by Crippen LogP contribution is 2.25. The molecule has 0 aromatic heterocycles. The van der Waals surface area contributed by atoms with Crippen LogP contribution >= 0.6 is 0 Å². The van der Waals surface area contributed by atoms with Gasteiger partial charge in [0.1, 0.15) is 11.6 Å². The first-order valence-electron chi connectivity index (χ1n) is 7.44. The van der Waals surface area contributed by atoms with Gasteiger partial charge in [-0.05, 0) is 50.8 Å². The predicted molar refractivity (Wildman–Crippen MR) is 75.6 cm³/mol. The van der Waals surface area contributed by atoms with Crippen molar-refractivity contribution >= 4 is 5.97 Å². The van der Waals surface area contributed by atoms with Crippen LogP contribution in [0.5, 0.6) is 0 Å². The maximum Gasteiger partial charge on any atom is 0.308 e. The fraction of sp³-hybridized carbons (Fsp3) is 0.562. The van der Waals surface area contributed by atoms with Crippen LogP contribution in [0.4, 0.5) is 8.78 Å². The smallest absolute Gasteiger partial charge is 0.308 e. The number of hydrogen-bond acceptors (Lipinski definition) is 3. The van der Waals surface area contributed by atoms with Crippen molar-refractivity contribution in [2.24, 2.45) is 5.92 Å². The molecule has 0 saturated heterocycles. The molecule has 0 spiro atoms. The van der Waals surface area contributed by atoms with Crippen LogP contribution in [0.15, 0.2) is 18.2 Å². The highest BCUT2D eigenvalue weighted by atomic mass is 19.1. The molecular weight excluding hydrogens is 276 g/mol. The molecule has 0 bridgehead atoms. The molecule has 1 fully saturated rings. The zero-order chi connectivity index (χ0) is 15.2. The average Bonchev–Trinajstić information content (AvgIpc) is 2.49. The van der Waals surface area contributed by atoms with E-state index in [1.54, 1.807) is 6.92 Å². The maximum atomic E-state index is 13.5. The minimum Gasteiger partial charge on any atom is -0.466 e. The van der Waals surface area contributed by atoms with E-state index in [-0.39, 0.29) is 17.9 Å². The highest BCUT2D eigenvalue weighted by Gasteiger charge is 2.26. The Morgan fingerprint density at radius 1 is 1.29 bits per heavy atom. The van der Waals surface area contributed by atoms with E-state index in [0.29, 0.717) is 18.7 Å². The van der Waals surface area contributed by atoms with Crippen LogP contribution in [-0.4, -0.2) is 18.6 Å². The molecule has 0 unspecified atom stereocenters. The Morgan fingerprint density at radius 2 is 2.00 bits per heavy atom. The minimum absolute atomic E-state index is 0.0195. The van der Waals surface area contributed by atoms with E-state index in [9.17, 15) is 13.6 Å². The van der Waals surface area contributed by atoms with Crippen LogP contribution < -0.4 is 5.32 Å². The molecular formula is C16H21F2NO2. The fourth-order valence-electron chi connectivity index (χ4n) is 2.73. The second kappa shape index (κ2) is 7.50. The van der Waals surface area contributed by atoms with Crippen molar-refractivity contribution in [3.63, 3.8) is 0 Å². The van der Waals surface area contributed by atoms with E-state index in [0.717, 1.165) is 37.8 Å². The Balaban J connectivity index is 1.79. The van der Waals surface area contributed by atoms with Crippen LogP contribution in [0.2, 0.25) is 0 Å². The van der Waals surface area contributed by atoms with Gasteiger partial charge in [0.25, 0.3) is 0 Å². The molecule has 5 heteroatoms. The summed E-state index contributed by atoms with van der Waals surface area (Å²) in [7, 11) is 0. The van der Waals surface area contributed by atoms with Crippen molar-refractivity contribution < 1.29 is 18.3 Å². The fourth-order valence-corrected chi connectivity index (χ4v) is 2.73. The van der Waals surface area contributed by atoms with Gasteiger partial charge in [0.05, 0.1) is 12.5 Å². The molecule has 21 heavy (non-hydrogen) atoms. The summed E-state index contributed by atoms with van der Waals surface area (Å²) in [5.41, 5.74) is 0.336. The monoisotopic (exact) mass is 297 g/mol. The van der Waals surface area contributed by atoms with Crippen LogP contribution in [0.3, 0.4) is 0 Å². The Kier molecular flexibility index (Phi) is 5.67. The molecule has 1 N–H and O–H groups in total. The normalized spacial score (nSPS) is 22.0. The van der Waals surface area contributed by atoms with Gasteiger partial charge in [0.2, 0.25) is 0 Å². The zero-order valence-corrected chi connectivity index (χ0v) is 12.2. The summed E-state index contributed by atoms with van der Waals surface area (Å²) in [5, 5.41) is 3.24. The summed E-state index contributed by atoms with van der Waals surface area (Å²) in [6.45, 7) is 2.52. The molecule has 0 heterocycles. The van der Waals surface area contributed by atoms with Gasteiger partial charge in [-0.3, -0.25) is 4.79 Å². The Labute approximate surface area is 123 Å². The van der Waals surface area contributed by atoms with Crippen molar-refractivity contribution in [2.75, 3.05) is 6.61 Å². The van der Waals surface area contributed by atoms with E-state index in [4.69, 9.17) is 4.74 Å². The van der Waals surface area contributed by atoms with Crippen molar-refractivity contribution in [3.05, 3.63) is 35.4 Å². The molecule has 1 aromatic carbocycles. The maximum absolute atomic E-state index is 13.5. The number of carbonyl (C=O) groups excluding carboxylic acids is 1. The summed E-state index contributed by atoms with van der Waals surface area (Å²) in [4.78, 5) is 11.6. The van der Waals surface area contributed by atoms with Crippen LogP contribution in [0.25, 0.3) is 0 Å². The number of halogens is 2. The van der Waals surface area contributed by atoms with Gasteiger partial charge in [-0.1, -0.05) is 0 Å². The summed E-state index contributed by atoms with van der Waals surface area (Å²) < 4.78 is 31.6. The third-order valence-electron chi connectivity index (χ3n) is 3.94. The van der Waals surface area contributed by atoms with Crippen LogP contribution in [-0.2, 0) is 16.1 Å². The van der Waals surface area contributed by atoms with Crippen LogP contribution in [0.1, 0.15) is 38.2 Å². The lowest BCUT2D eigenvalue weighted by molar-refractivity contribution is -0.149. The Bertz CT molecular complexity index is 485. The number of rotatable bonds is 5. The number of esters is 1. The van der Waals surface area contributed by atoms with Gasteiger partial charge in [-0.25, -0.2) is 8.78 Å². The molecule has 0 radical (unpaired) electrons. The molecule has 3 nitrogen and oxygen atoms in total. The first-order chi connectivity index (χ1) is 10.1. The lowest BCUT2D eigenvalue weighted by Crippen LogP contribution is -2.35. The van der Waals surface area contributed by atoms with E-state index in [2.05, 4.69) is 5.32 Å². The number of hydrogen-bond donors (Lipinski definition) is 1. The lowest BCUT2D eigenvalue weighted by atomic mass is 9.86. The second-order valence-electron chi connectivity index (χ2n) is 5.42. The lowest BCUT2D eigenvalue weighted by Gasteiger charge is -2.28. The number of nitrogens with one attached hydrogen (secondary N) is 1. The van der Waals surface area contributed by atoms with E-state index in [1.165, 1.54) is 6.07 Å². The molecule has 1 saturated carbocycles. The van der Waals surface area contributed by atoms with E-state index >= 15 is 0 Å². The van der Waals surface area contributed by atoms with Gasteiger partial charge >= 0.3 is 5.97 Å². The molecule has 116 valence electrons. The quantitative estimate of drug-likeness (QED) is 0.848. The predicted octanol–water partition coefficient (Wildman–Crippen LogP) is 3.18. The average molecular weight is 297 g/mol. The minimum atomic E-state index is -0.431. The van der Waals surface area contributed by atoms with Gasteiger partial charge in [0.15, 0.2) is 0 Å². The first-order valence-corrected chi connectivity index (χ1v) is 7.44. The molecule has 1 aliphatic rings. The van der Waals surface area contributed by atoms with Crippen molar-refractivity contribution in [1.29, 1.82) is 0 Å². The second-order valence-corrected chi connectivity index (χ2v) is 5.42. The number of ether oxygens (including phenoxy) is 1. The summed E-state index contributed by atoms with van der Waals surface area (Å²) in [6.07, 6.45) is 3.26. The van der Waals surface area contributed by atoms with E-state index < -0.39 is 11.6 Å². The highest BCUT2D eigenvalue weighted by molar-refractivity contribution is 5.72. The van der Waals surface area contributed by atoms with Crippen molar-refractivity contribution in [3.8, 4) is 0 Å². The van der Waals surface area contributed by atoms with Gasteiger partial charge in [-0.15, -0.1) is 0 Å². The SMILES string of the molecule is CCOC(=O)C1CCC(NCc2cc(F)ccc2F)CC1. The summed E-state index contributed by atoms with van der Waals surface area (Å²) >= 11 is 0. The van der Waals surface area contributed by atoms with Gasteiger partial charge in [-0.2, -0.15) is 0 Å². The Morgan fingerprint density at radius 3 is 2.67 bits per heavy atom. The molecule has 1 aliphatic carbocycles. The summed E-state index contributed by atoms with van der Waals surface area (Å²) in [5.74, 6) is -0.968.